The number of carbonyl (C=O) groups excluding carboxylic acids is 2. The Hall–Kier alpha value is -1.44. The third-order valence-corrected chi connectivity index (χ3v) is 3.95. The van der Waals surface area contributed by atoms with Crippen LogP contribution in [0.2, 0.25) is 0 Å². The van der Waals surface area contributed by atoms with Crippen LogP contribution in [0.3, 0.4) is 0 Å². The van der Waals surface area contributed by atoms with Gasteiger partial charge in [-0.25, -0.2) is 9.59 Å². The molecule has 2 fully saturated rings. The number of halogens is 2. The van der Waals surface area contributed by atoms with Crippen molar-refractivity contribution in [3.05, 3.63) is 0 Å². The second-order valence-corrected chi connectivity index (χ2v) is 6.58. The van der Waals surface area contributed by atoms with Crippen LogP contribution >= 0.6 is 0 Å². The highest BCUT2D eigenvalue weighted by molar-refractivity contribution is 5.83. The maximum atomic E-state index is 12.5. The molecule has 2 aliphatic rings. The topological polar surface area (TPSA) is 65.1 Å². The van der Waals surface area contributed by atoms with Gasteiger partial charge in [-0.1, -0.05) is 0 Å². The molecular weight excluding hydrogens is 300 g/mol. The van der Waals surface area contributed by atoms with Gasteiger partial charge in [0.05, 0.1) is 13.2 Å². The van der Waals surface area contributed by atoms with Gasteiger partial charge >= 0.3 is 18.7 Å². The second-order valence-electron chi connectivity index (χ2n) is 6.58. The summed E-state index contributed by atoms with van der Waals surface area (Å²) in [5.41, 5.74) is -0.710. The van der Waals surface area contributed by atoms with Gasteiger partial charge in [-0.05, 0) is 33.6 Å². The monoisotopic (exact) mass is 321 g/mol. The lowest BCUT2D eigenvalue weighted by molar-refractivity contribution is -0.186. The summed E-state index contributed by atoms with van der Waals surface area (Å²) in [6.45, 7) is 2.25. The number of nitrogens with zero attached hydrogens (tertiary/aromatic N) is 1. The Balaban J connectivity index is 2.18. The zero-order valence-electron chi connectivity index (χ0n) is 13.0. The Bertz CT molecular complexity index is 451. The number of hydrogen-bond donors (Lipinski definition) is 0. The smallest absolute Gasteiger partial charge is 0.411 e. The molecule has 0 unspecified atom stereocenters. The van der Waals surface area contributed by atoms with E-state index in [1.54, 1.807) is 20.8 Å². The minimum atomic E-state index is -2.90. The van der Waals surface area contributed by atoms with Crippen LogP contribution in [0.5, 0.6) is 0 Å². The molecule has 8 heteroatoms. The fourth-order valence-corrected chi connectivity index (χ4v) is 3.27. The van der Waals surface area contributed by atoms with Crippen LogP contribution in [0.15, 0.2) is 0 Å². The molecule has 1 aliphatic carbocycles. The number of alkyl halides is 2. The molecule has 2 rings (SSSR count). The molecule has 6 nitrogen and oxygen atoms in total. The number of carbonyl (C=O) groups is 2. The molecule has 1 heterocycles. The van der Waals surface area contributed by atoms with Crippen molar-refractivity contribution >= 4 is 12.1 Å². The largest absolute Gasteiger partial charge is 0.467 e. The van der Waals surface area contributed by atoms with Crippen molar-refractivity contribution in [2.24, 2.45) is 5.92 Å². The number of rotatable bonds is 3. The van der Waals surface area contributed by atoms with Crippen molar-refractivity contribution in [1.29, 1.82) is 0 Å². The van der Waals surface area contributed by atoms with Gasteiger partial charge in [0.25, 0.3) is 0 Å². The van der Waals surface area contributed by atoms with Crippen LogP contribution in [0, 0.1) is 5.92 Å². The number of fused-ring (bicyclic) bond motifs is 2. The molecule has 1 saturated heterocycles. The van der Waals surface area contributed by atoms with Gasteiger partial charge in [0, 0.05) is 12.0 Å². The molecule has 4 atom stereocenters. The van der Waals surface area contributed by atoms with Gasteiger partial charge in [-0.3, -0.25) is 4.90 Å². The van der Waals surface area contributed by atoms with Crippen LogP contribution in [-0.4, -0.2) is 54.5 Å². The highest BCUT2D eigenvalue weighted by Crippen LogP contribution is 2.45. The lowest BCUT2D eigenvalue weighted by Crippen LogP contribution is -2.54. The summed E-state index contributed by atoms with van der Waals surface area (Å²) in [5, 5.41) is 0. The molecule has 0 aromatic carbocycles. The highest BCUT2D eigenvalue weighted by atomic mass is 19.3. The summed E-state index contributed by atoms with van der Waals surface area (Å²) in [4.78, 5) is 25.6. The molecule has 0 radical (unpaired) electrons. The quantitative estimate of drug-likeness (QED) is 0.745. The molecule has 22 heavy (non-hydrogen) atoms. The van der Waals surface area contributed by atoms with E-state index in [2.05, 4.69) is 4.74 Å². The number of methoxy groups -OCH3 is 1. The summed E-state index contributed by atoms with van der Waals surface area (Å²) < 4.78 is 39.5. The average molecular weight is 321 g/mol. The first-order chi connectivity index (χ1) is 10.1. The van der Waals surface area contributed by atoms with E-state index in [1.807, 2.05) is 0 Å². The Morgan fingerprint density at radius 1 is 1.23 bits per heavy atom. The van der Waals surface area contributed by atoms with Crippen LogP contribution in [-0.2, 0) is 19.0 Å². The van der Waals surface area contributed by atoms with Gasteiger partial charge in [-0.15, -0.1) is 0 Å². The number of esters is 1. The van der Waals surface area contributed by atoms with E-state index in [0.717, 1.165) is 0 Å². The normalized spacial score (nSPS) is 30.8. The maximum absolute atomic E-state index is 12.5. The SMILES string of the molecule is COC(=O)[C@H]1[C@H]2C[C@H](C[C@@H]2OC(F)F)N1C(=O)OC(C)(C)C. The lowest BCUT2D eigenvalue weighted by Gasteiger charge is -2.37. The zero-order chi connectivity index (χ0) is 16.7. The number of hydrogen-bond acceptors (Lipinski definition) is 5. The number of ether oxygens (including phenoxy) is 3. The summed E-state index contributed by atoms with van der Waals surface area (Å²) in [5.74, 6) is -1.14. The van der Waals surface area contributed by atoms with E-state index in [-0.39, 0.29) is 12.5 Å². The van der Waals surface area contributed by atoms with Crippen molar-refractivity contribution in [2.45, 2.75) is 64.0 Å². The summed E-state index contributed by atoms with van der Waals surface area (Å²) >= 11 is 0. The molecule has 0 aromatic heterocycles. The highest BCUT2D eigenvalue weighted by Gasteiger charge is 2.58. The third-order valence-electron chi connectivity index (χ3n) is 3.95. The molecule has 126 valence electrons. The Kier molecular flexibility index (Phi) is 4.60. The van der Waals surface area contributed by atoms with Gasteiger partial charge in [-0.2, -0.15) is 8.78 Å². The van der Waals surface area contributed by atoms with Crippen molar-refractivity contribution in [2.75, 3.05) is 7.11 Å². The Labute approximate surface area is 127 Å². The maximum Gasteiger partial charge on any atom is 0.411 e. The molecule has 1 amide bonds. The molecule has 0 aromatic rings. The molecule has 0 N–H and O–H groups in total. The first-order valence-corrected chi connectivity index (χ1v) is 7.17. The van der Waals surface area contributed by atoms with E-state index in [1.165, 1.54) is 12.0 Å². The molecule has 1 saturated carbocycles. The average Bonchev–Trinajstić information content (AvgIpc) is 2.91. The standard InChI is InChI=1S/C14H21F2NO5/c1-14(2,3)22-13(19)17-7-5-8(10(17)11(18)20-4)9(6-7)21-12(15)16/h7-10,12H,5-6H2,1-4H3/t7-,8+,9+,10-/m1/s1. The van der Waals surface area contributed by atoms with Crippen LogP contribution in [0.4, 0.5) is 13.6 Å². The second kappa shape index (κ2) is 5.98. The van der Waals surface area contributed by atoms with E-state index < -0.39 is 42.3 Å². The fraction of sp³-hybridized carbons (Fsp3) is 0.857. The molecule has 2 bridgehead atoms. The third kappa shape index (κ3) is 3.31. The van der Waals surface area contributed by atoms with Gasteiger partial charge in [0.1, 0.15) is 11.6 Å². The van der Waals surface area contributed by atoms with E-state index >= 15 is 0 Å². The molecule has 1 aliphatic heterocycles. The predicted octanol–water partition coefficient (Wildman–Crippen LogP) is 2.17. The van der Waals surface area contributed by atoms with Gasteiger partial charge in [0.15, 0.2) is 0 Å². The van der Waals surface area contributed by atoms with E-state index in [0.29, 0.717) is 6.42 Å². The lowest BCUT2D eigenvalue weighted by atomic mass is 9.96. The van der Waals surface area contributed by atoms with Crippen LogP contribution in [0.1, 0.15) is 33.6 Å². The van der Waals surface area contributed by atoms with Crippen molar-refractivity contribution in [3.63, 3.8) is 0 Å². The Morgan fingerprint density at radius 2 is 1.86 bits per heavy atom. The number of piperidine rings is 1. The molecular formula is C14H21F2NO5. The first kappa shape index (κ1) is 16.9. The summed E-state index contributed by atoms with van der Waals surface area (Å²) in [6.07, 6.45) is -0.698. The summed E-state index contributed by atoms with van der Waals surface area (Å²) in [7, 11) is 1.20. The van der Waals surface area contributed by atoms with E-state index in [9.17, 15) is 18.4 Å². The van der Waals surface area contributed by atoms with Crippen LogP contribution in [0.25, 0.3) is 0 Å². The van der Waals surface area contributed by atoms with Crippen molar-refractivity contribution in [1.82, 2.24) is 4.90 Å². The fourth-order valence-electron chi connectivity index (χ4n) is 3.27. The number of amides is 1. The zero-order valence-corrected chi connectivity index (χ0v) is 13.0. The van der Waals surface area contributed by atoms with Crippen molar-refractivity contribution < 1.29 is 32.6 Å². The Morgan fingerprint density at radius 3 is 2.36 bits per heavy atom. The van der Waals surface area contributed by atoms with Gasteiger partial charge < -0.3 is 14.2 Å². The first-order valence-electron chi connectivity index (χ1n) is 7.17. The minimum Gasteiger partial charge on any atom is -0.467 e. The predicted molar refractivity (Wildman–Crippen MR) is 71.3 cm³/mol. The van der Waals surface area contributed by atoms with Crippen LogP contribution < -0.4 is 0 Å². The summed E-state index contributed by atoms with van der Waals surface area (Å²) in [6, 6.07) is -1.30. The number of likely N-dealkylation sites (tertiary alicyclic amines) is 1. The minimum absolute atomic E-state index is 0.266. The van der Waals surface area contributed by atoms with Crippen molar-refractivity contribution in [3.8, 4) is 0 Å². The van der Waals surface area contributed by atoms with Gasteiger partial charge in [0.2, 0.25) is 0 Å². The molecule has 0 spiro atoms. The van der Waals surface area contributed by atoms with E-state index in [4.69, 9.17) is 9.47 Å².